The molecule has 0 radical (unpaired) electrons. The summed E-state index contributed by atoms with van der Waals surface area (Å²) in [7, 11) is 1.71. The first-order chi connectivity index (χ1) is 12.3. The van der Waals surface area contributed by atoms with Crippen molar-refractivity contribution in [3.8, 4) is 0 Å². The molecule has 1 N–H and O–H groups in total. The van der Waals surface area contributed by atoms with E-state index in [1.807, 2.05) is 12.4 Å². The molecule has 1 saturated carbocycles. The molecule has 1 aliphatic carbocycles. The third-order valence-electron chi connectivity index (χ3n) is 5.63. The number of rotatable bonds is 8. The van der Waals surface area contributed by atoms with Gasteiger partial charge in [0.2, 0.25) is 0 Å². The molecule has 2 heterocycles. The van der Waals surface area contributed by atoms with Gasteiger partial charge in [-0.3, -0.25) is 0 Å². The maximum absolute atomic E-state index is 5.07. The van der Waals surface area contributed by atoms with Gasteiger partial charge in [0.15, 0.2) is 0 Å². The van der Waals surface area contributed by atoms with Crippen LogP contribution < -0.4 is 5.32 Å². The molecule has 140 valence electrons. The average molecular weight is 347 g/mol. The number of aromatic nitrogens is 2. The Morgan fingerprint density at radius 2 is 1.92 bits per heavy atom. The van der Waals surface area contributed by atoms with Gasteiger partial charge in [0.25, 0.3) is 0 Å². The van der Waals surface area contributed by atoms with Crippen molar-refractivity contribution >= 4 is 0 Å². The van der Waals surface area contributed by atoms with Crippen LogP contribution in [0.25, 0.3) is 0 Å². The van der Waals surface area contributed by atoms with E-state index in [9.17, 15) is 0 Å². The molecular formula is C20H34N4O. The summed E-state index contributed by atoms with van der Waals surface area (Å²) in [5.41, 5.74) is 1.17. The smallest absolute Gasteiger partial charge is 0.130 e. The third kappa shape index (κ3) is 6.32. The average Bonchev–Trinajstić information content (AvgIpc) is 2.67. The Bertz CT molecular complexity index is 487. The highest BCUT2D eigenvalue weighted by atomic mass is 16.5. The van der Waals surface area contributed by atoms with Crippen LogP contribution in [0.15, 0.2) is 12.4 Å². The van der Waals surface area contributed by atoms with Crippen molar-refractivity contribution in [1.82, 2.24) is 20.2 Å². The molecule has 5 heteroatoms. The molecule has 1 aliphatic heterocycles. The van der Waals surface area contributed by atoms with E-state index >= 15 is 0 Å². The number of hydrogen-bond donors (Lipinski definition) is 1. The van der Waals surface area contributed by atoms with Gasteiger partial charge in [0, 0.05) is 57.2 Å². The molecule has 0 unspecified atom stereocenters. The number of piperidine rings is 1. The first-order valence-electron chi connectivity index (χ1n) is 10.1. The lowest BCUT2D eigenvalue weighted by Crippen LogP contribution is -2.47. The van der Waals surface area contributed by atoms with Gasteiger partial charge in [-0.05, 0) is 38.1 Å². The normalized spacial score (nSPS) is 23.0. The molecular weight excluding hydrogens is 312 g/mol. The van der Waals surface area contributed by atoms with E-state index in [4.69, 9.17) is 4.74 Å². The van der Waals surface area contributed by atoms with Crippen molar-refractivity contribution < 1.29 is 4.74 Å². The molecule has 0 aromatic carbocycles. The Morgan fingerprint density at radius 3 is 2.68 bits per heavy atom. The monoisotopic (exact) mass is 346 g/mol. The molecule has 25 heavy (non-hydrogen) atoms. The van der Waals surface area contributed by atoms with E-state index in [1.54, 1.807) is 7.11 Å². The van der Waals surface area contributed by atoms with E-state index in [2.05, 4.69) is 20.2 Å². The number of nitrogens with zero attached hydrogens (tertiary/aromatic N) is 3. The molecule has 0 amide bonds. The molecule has 0 bridgehead atoms. The molecule has 2 fully saturated rings. The van der Waals surface area contributed by atoms with Crippen LogP contribution in [0, 0.1) is 5.92 Å². The largest absolute Gasteiger partial charge is 0.384 e. The maximum Gasteiger partial charge on any atom is 0.130 e. The number of methoxy groups -OCH3 is 1. The second-order valence-corrected chi connectivity index (χ2v) is 7.73. The first kappa shape index (κ1) is 18.7. The minimum atomic E-state index is 0.602. The van der Waals surface area contributed by atoms with Gasteiger partial charge in [-0.1, -0.05) is 19.3 Å². The highest BCUT2D eigenvalue weighted by Gasteiger charge is 2.23. The second-order valence-electron chi connectivity index (χ2n) is 7.73. The van der Waals surface area contributed by atoms with Gasteiger partial charge in [-0.15, -0.1) is 0 Å². The molecule has 5 nitrogen and oxygen atoms in total. The topological polar surface area (TPSA) is 50.3 Å². The van der Waals surface area contributed by atoms with Crippen LogP contribution in [0.1, 0.15) is 56.3 Å². The van der Waals surface area contributed by atoms with Crippen LogP contribution >= 0.6 is 0 Å². The summed E-state index contributed by atoms with van der Waals surface area (Å²) < 4.78 is 5.07. The van der Waals surface area contributed by atoms with Crippen molar-refractivity contribution in [3.63, 3.8) is 0 Å². The summed E-state index contributed by atoms with van der Waals surface area (Å²) in [6.07, 6.45) is 14.5. The van der Waals surface area contributed by atoms with Crippen molar-refractivity contribution in [1.29, 1.82) is 0 Å². The molecule has 1 saturated heterocycles. The fourth-order valence-electron chi connectivity index (χ4n) is 4.18. The molecule has 1 aromatic rings. The van der Waals surface area contributed by atoms with E-state index < -0.39 is 0 Å². The van der Waals surface area contributed by atoms with Gasteiger partial charge in [-0.2, -0.15) is 0 Å². The number of nitrogens with one attached hydrogen (secondary N) is 1. The fourth-order valence-corrected chi connectivity index (χ4v) is 4.18. The zero-order valence-corrected chi connectivity index (χ0v) is 15.8. The molecule has 3 rings (SSSR count). The SMILES string of the molecule is COCCc1ncc(CN[C@@H]2CCCN(CC3CCCCC3)C2)cn1. The van der Waals surface area contributed by atoms with E-state index in [1.165, 1.54) is 70.1 Å². The van der Waals surface area contributed by atoms with Gasteiger partial charge in [-0.25, -0.2) is 9.97 Å². The summed E-state index contributed by atoms with van der Waals surface area (Å²) in [5, 5.41) is 3.72. The first-order valence-corrected chi connectivity index (χ1v) is 10.1. The molecule has 0 spiro atoms. The Hall–Kier alpha value is -1.04. The van der Waals surface area contributed by atoms with Crippen LogP contribution in [0.4, 0.5) is 0 Å². The van der Waals surface area contributed by atoms with Crippen LogP contribution in [-0.4, -0.2) is 54.3 Å². The minimum absolute atomic E-state index is 0.602. The number of ether oxygens (including phenoxy) is 1. The highest BCUT2D eigenvalue weighted by Crippen LogP contribution is 2.25. The van der Waals surface area contributed by atoms with Crippen LogP contribution in [0.2, 0.25) is 0 Å². The molecule has 1 atom stereocenters. The number of likely N-dealkylation sites (tertiary alicyclic amines) is 1. The second kappa shape index (κ2) is 10.2. The zero-order chi connectivity index (χ0) is 17.3. The third-order valence-corrected chi connectivity index (χ3v) is 5.63. The van der Waals surface area contributed by atoms with E-state index in [0.717, 1.165) is 24.7 Å². The predicted octanol–water partition coefficient (Wildman–Crippen LogP) is 2.80. The Morgan fingerprint density at radius 1 is 1.12 bits per heavy atom. The van der Waals surface area contributed by atoms with Crippen LogP contribution in [-0.2, 0) is 17.7 Å². The lowest BCUT2D eigenvalue weighted by molar-refractivity contribution is 0.149. The van der Waals surface area contributed by atoms with Crippen molar-refractivity contribution in [3.05, 3.63) is 23.8 Å². The Labute approximate surface area is 152 Å². The van der Waals surface area contributed by atoms with Gasteiger partial charge in [0.1, 0.15) is 5.82 Å². The van der Waals surface area contributed by atoms with E-state index in [0.29, 0.717) is 12.6 Å². The van der Waals surface area contributed by atoms with Gasteiger partial charge in [0.05, 0.1) is 6.61 Å². The highest BCUT2D eigenvalue weighted by molar-refractivity contribution is 5.05. The van der Waals surface area contributed by atoms with Crippen molar-refractivity contribution in [2.75, 3.05) is 33.4 Å². The summed E-state index contributed by atoms with van der Waals surface area (Å²) in [4.78, 5) is 11.6. The number of hydrogen-bond acceptors (Lipinski definition) is 5. The maximum atomic E-state index is 5.07. The summed E-state index contributed by atoms with van der Waals surface area (Å²) in [5.74, 6) is 1.81. The zero-order valence-electron chi connectivity index (χ0n) is 15.8. The fraction of sp³-hybridized carbons (Fsp3) is 0.800. The van der Waals surface area contributed by atoms with Crippen molar-refractivity contribution in [2.45, 2.75) is 64.0 Å². The Balaban J connectivity index is 1.40. The Kier molecular flexibility index (Phi) is 7.64. The van der Waals surface area contributed by atoms with Crippen molar-refractivity contribution in [2.24, 2.45) is 5.92 Å². The lowest BCUT2D eigenvalue weighted by atomic mass is 9.88. The molecule has 1 aromatic heterocycles. The summed E-state index contributed by atoms with van der Waals surface area (Å²) in [6, 6.07) is 0.602. The minimum Gasteiger partial charge on any atom is -0.384 e. The van der Waals surface area contributed by atoms with Gasteiger partial charge >= 0.3 is 0 Å². The van der Waals surface area contributed by atoms with Gasteiger partial charge < -0.3 is 15.0 Å². The van der Waals surface area contributed by atoms with Crippen LogP contribution in [0.3, 0.4) is 0 Å². The lowest BCUT2D eigenvalue weighted by Gasteiger charge is -2.36. The van der Waals surface area contributed by atoms with Crippen LogP contribution in [0.5, 0.6) is 0 Å². The predicted molar refractivity (Wildman–Crippen MR) is 100 cm³/mol. The summed E-state index contributed by atoms with van der Waals surface area (Å²) >= 11 is 0. The molecule has 2 aliphatic rings. The standard InChI is InChI=1S/C20H34N4O/c1-25-11-9-20-22-13-18(14-23-20)12-21-19-8-5-10-24(16-19)15-17-6-3-2-4-7-17/h13-14,17,19,21H,2-12,15-16H2,1H3/t19-/m1/s1. The summed E-state index contributed by atoms with van der Waals surface area (Å²) in [6.45, 7) is 5.34. The quantitative estimate of drug-likeness (QED) is 0.784. The van der Waals surface area contributed by atoms with E-state index in [-0.39, 0.29) is 0 Å².